The second-order valence-electron chi connectivity index (χ2n) is 17.5. The summed E-state index contributed by atoms with van der Waals surface area (Å²) in [6.07, 6.45) is 17.2. The van der Waals surface area contributed by atoms with E-state index in [9.17, 15) is 0 Å². The molecule has 0 nitrogen and oxygen atoms in total. The summed E-state index contributed by atoms with van der Waals surface area (Å²) in [4.78, 5) is 0. The number of allylic oxidation sites excluding steroid dienone is 10. The first-order valence-corrected chi connectivity index (χ1v) is 33.5. The summed E-state index contributed by atoms with van der Waals surface area (Å²) in [6, 6.07) is 17.4. The zero-order valence-electron chi connectivity index (χ0n) is 30.9. The average Bonchev–Trinajstić information content (AvgIpc) is 3.71. The Hall–Kier alpha value is -0.789. The minimum Gasteiger partial charge on any atom is -1.00 e. The van der Waals surface area contributed by atoms with Gasteiger partial charge in [0.2, 0.25) is 0 Å². The van der Waals surface area contributed by atoms with Crippen molar-refractivity contribution in [2.75, 3.05) is 0 Å². The molecule has 7 heteroatoms. The number of rotatable bonds is 7. The largest absolute Gasteiger partial charge is 1.00 e. The van der Waals surface area contributed by atoms with E-state index in [4.69, 9.17) is 0 Å². The maximum absolute atomic E-state index is 2.67. The fraction of sp³-hybridized carbons (Fsp3) is 0.400. The van der Waals surface area contributed by atoms with Crippen molar-refractivity contribution in [2.45, 2.75) is 103 Å². The molecule has 0 amide bonds. The smallest absolute Gasteiger partial charge is 1.00 e. The standard InChI is InChI=1S/C18H14.2C11H21Si2.2ClH.Zr/c1-3-7-15-13(5-1)9-11-17(15)18-12-10-14-6-2-4-8-16(14)18;2*1-12(2,3)10-8-7-9-11(10)13(4,5)6;;;/h1-12,17-18H;2*8H,7H2,1-6H3;2*1H;/q;;;;;+2/p-2. The number of benzene rings is 2. The predicted molar refractivity (Wildman–Crippen MR) is 209 cm³/mol. The van der Waals surface area contributed by atoms with Crippen LogP contribution < -0.4 is 24.8 Å². The number of hydrogen-bond acceptors (Lipinski definition) is 0. The average molecular weight is 811 g/mol. The van der Waals surface area contributed by atoms with E-state index in [0.717, 1.165) is 0 Å². The molecule has 0 heterocycles. The number of hydrogen-bond donors (Lipinski definition) is 0. The monoisotopic (exact) mass is 808 g/mol. The molecular weight excluding hydrogens is 755 g/mol. The summed E-state index contributed by atoms with van der Waals surface area (Å²) in [5.74, 6) is 1.00. The molecule has 0 radical (unpaired) electrons. The topological polar surface area (TPSA) is 0 Å². The summed E-state index contributed by atoms with van der Waals surface area (Å²) in [5, 5.41) is 7.53. The van der Waals surface area contributed by atoms with E-state index in [1.807, 2.05) is 27.3 Å². The maximum Gasteiger partial charge on any atom is -1.00 e. The van der Waals surface area contributed by atoms with E-state index < -0.39 is 55.5 Å². The molecule has 0 bridgehead atoms. The van der Waals surface area contributed by atoms with Gasteiger partial charge in [0.15, 0.2) is 0 Å². The second kappa shape index (κ2) is 15.2. The third-order valence-corrected chi connectivity index (χ3v) is 23.4. The third-order valence-electron chi connectivity index (χ3n) is 9.64. The predicted octanol–water partition coefficient (Wildman–Crippen LogP) is 6.36. The summed E-state index contributed by atoms with van der Waals surface area (Å²) in [6.45, 7) is 30.9. The normalized spacial score (nSPS) is 20.1. The molecule has 0 aromatic heterocycles. The molecule has 250 valence electrons. The van der Waals surface area contributed by atoms with Crippen LogP contribution in [0.2, 0.25) is 78.6 Å². The van der Waals surface area contributed by atoms with Crippen LogP contribution >= 0.6 is 0 Å². The Morgan fingerprint density at radius 1 is 0.489 bits per heavy atom. The van der Waals surface area contributed by atoms with Crippen molar-refractivity contribution in [3.05, 3.63) is 122 Å². The van der Waals surface area contributed by atoms with Crippen LogP contribution in [0.15, 0.2) is 100 Å². The molecule has 6 rings (SSSR count). The van der Waals surface area contributed by atoms with Gasteiger partial charge in [-0.15, -0.1) is 0 Å². The zero-order chi connectivity index (χ0) is 32.9. The molecule has 0 fully saturated rings. The molecule has 2 aromatic carbocycles. The summed E-state index contributed by atoms with van der Waals surface area (Å²) in [7, 11) is -5.05. The molecule has 4 aliphatic carbocycles. The van der Waals surface area contributed by atoms with Crippen molar-refractivity contribution < 1.29 is 48.0 Å². The van der Waals surface area contributed by atoms with E-state index in [1.165, 1.54) is 35.1 Å². The Bertz CT molecular complexity index is 1540. The molecule has 0 spiro atoms. The third kappa shape index (κ3) is 8.93. The van der Waals surface area contributed by atoms with Crippen LogP contribution in [0.3, 0.4) is 0 Å². The van der Waals surface area contributed by atoms with Crippen molar-refractivity contribution in [1.29, 1.82) is 0 Å². The van der Waals surface area contributed by atoms with Crippen molar-refractivity contribution >= 4 is 44.4 Å². The molecule has 0 saturated heterocycles. The molecule has 2 atom stereocenters. The van der Waals surface area contributed by atoms with Crippen LogP contribution in [-0.2, 0) is 23.2 Å². The van der Waals surface area contributed by atoms with Gasteiger partial charge in [-0.3, -0.25) is 0 Å². The van der Waals surface area contributed by atoms with Crippen LogP contribution in [-0.4, -0.2) is 32.3 Å². The molecule has 4 aliphatic rings. The molecule has 0 aliphatic heterocycles. The summed E-state index contributed by atoms with van der Waals surface area (Å²) >= 11 is -0.650. The molecule has 2 aromatic rings. The van der Waals surface area contributed by atoms with Crippen LogP contribution in [0.25, 0.3) is 12.2 Å². The van der Waals surface area contributed by atoms with Gasteiger partial charge in [0, 0.05) is 11.8 Å². The quantitative estimate of drug-likeness (QED) is 0.286. The number of fused-ring (bicyclic) bond motifs is 2. The van der Waals surface area contributed by atoms with Crippen molar-refractivity contribution in [2.24, 2.45) is 0 Å². The van der Waals surface area contributed by atoms with Gasteiger partial charge in [-0.25, -0.2) is 0 Å². The Morgan fingerprint density at radius 3 is 1.15 bits per heavy atom. The molecule has 0 N–H and O–H groups in total. The zero-order valence-corrected chi connectivity index (χ0v) is 38.9. The fourth-order valence-corrected chi connectivity index (χ4v) is 29.4. The Kier molecular flexibility index (Phi) is 13.2. The molecule has 0 saturated carbocycles. The minimum absolute atomic E-state index is 0. The fourth-order valence-electron chi connectivity index (χ4n) is 7.81. The van der Waals surface area contributed by atoms with Crippen LogP contribution in [0.1, 0.15) is 46.9 Å². The maximum atomic E-state index is 2.67. The molecular formula is C40H56Cl2Si4Zr. The summed E-state index contributed by atoms with van der Waals surface area (Å²) < 4.78 is 3.93. The van der Waals surface area contributed by atoms with Crippen molar-refractivity contribution in [3.8, 4) is 0 Å². The van der Waals surface area contributed by atoms with Gasteiger partial charge in [0.05, 0.1) is 0 Å². The van der Waals surface area contributed by atoms with E-state index >= 15 is 0 Å². The van der Waals surface area contributed by atoms with Gasteiger partial charge in [-0.2, -0.15) is 0 Å². The van der Waals surface area contributed by atoms with Crippen LogP contribution in [0.5, 0.6) is 0 Å². The Labute approximate surface area is 315 Å². The molecule has 47 heavy (non-hydrogen) atoms. The first-order chi connectivity index (χ1) is 20.9. The van der Waals surface area contributed by atoms with Gasteiger partial charge in [-0.05, 0) is 22.3 Å². The van der Waals surface area contributed by atoms with Gasteiger partial charge in [0.25, 0.3) is 0 Å². The minimum atomic E-state index is -1.28. The van der Waals surface area contributed by atoms with E-state index in [-0.39, 0.29) is 24.8 Å². The van der Waals surface area contributed by atoms with Gasteiger partial charge >= 0.3 is 186 Å². The van der Waals surface area contributed by atoms with Crippen molar-refractivity contribution in [3.63, 3.8) is 0 Å². The first-order valence-electron chi connectivity index (χ1n) is 17.1. The van der Waals surface area contributed by atoms with Crippen LogP contribution in [0, 0.1) is 0 Å². The second-order valence-corrected chi connectivity index (χ2v) is 41.2. The van der Waals surface area contributed by atoms with E-state index in [2.05, 4.69) is 164 Å². The Morgan fingerprint density at radius 2 is 0.830 bits per heavy atom. The van der Waals surface area contributed by atoms with E-state index in [1.54, 1.807) is 0 Å². The van der Waals surface area contributed by atoms with Gasteiger partial charge in [0.1, 0.15) is 0 Å². The van der Waals surface area contributed by atoms with Gasteiger partial charge in [-0.1, -0.05) is 72.8 Å². The SMILES string of the molecule is C1=CC(C2C=Cc3ccccc32)c2ccccc21.C[Si](C)(C)C1=CC[C]([Zr+2][C]2=C([Si](C)(C)C)C([Si](C)(C)C)=CC2)=C1[Si](C)(C)C.[Cl-].[Cl-]. The number of halogens is 2. The van der Waals surface area contributed by atoms with Crippen LogP contribution in [0.4, 0.5) is 0 Å². The van der Waals surface area contributed by atoms with Crippen molar-refractivity contribution in [1.82, 2.24) is 0 Å². The Balaban J connectivity index is 0.000000260. The first kappa shape index (κ1) is 40.6. The molecule has 2 unspecified atom stereocenters. The van der Waals surface area contributed by atoms with Gasteiger partial charge < -0.3 is 24.8 Å². The summed E-state index contributed by atoms with van der Waals surface area (Å²) in [5.41, 5.74) is 5.67. The van der Waals surface area contributed by atoms with E-state index in [0.29, 0.717) is 11.8 Å².